The Hall–Kier alpha value is -1.30. The number of carboxylic acids is 1. The third kappa shape index (κ3) is 4.60. The average Bonchev–Trinajstić information content (AvgIpc) is 2.12. The lowest BCUT2D eigenvalue weighted by Gasteiger charge is -2.31. The molecule has 0 aliphatic rings. The third-order valence-electron chi connectivity index (χ3n) is 2.26. The van der Waals surface area contributed by atoms with Crippen molar-refractivity contribution in [2.45, 2.75) is 58.3 Å². The van der Waals surface area contributed by atoms with Gasteiger partial charge in [-0.2, -0.15) is 0 Å². The number of ether oxygens (including phenoxy) is 1. The minimum atomic E-state index is -1.75. The van der Waals surface area contributed by atoms with Gasteiger partial charge in [-0.05, 0) is 34.1 Å². The molecular formula is C11H21NO5. The van der Waals surface area contributed by atoms with E-state index in [0.717, 1.165) is 0 Å². The molecule has 0 heterocycles. The number of carbonyl (C=O) groups is 2. The molecule has 0 aromatic carbocycles. The van der Waals surface area contributed by atoms with E-state index in [0.29, 0.717) is 0 Å². The third-order valence-corrected chi connectivity index (χ3v) is 2.26. The van der Waals surface area contributed by atoms with Crippen LogP contribution < -0.4 is 5.32 Å². The summed E-state index contributed by atoms with van der Waals surface area (Å²) in [5.74, 6) is -1.31. The van der Waals surface area contributed by atoms with E-state index in [9.17, 15) is 14.7 Å². The summed E-state index contributed by atoms with van der Waals surface area (Å²) in [5, 5.41) is 20.9. The Bertz CT molecular complexity index is 297. The number of carbonyl (C=O) groups excluding carboxylic acids is 1. The number of aliphatic hydroxyl groups is 1. The van der Waals surface area contributed by atoms with Gasteiger partial charge < -0.3 is 20.3 Å². The van der Waals surface area contributed by atoms with E-state index < -0.39 is 29.3 Å². The second kappa shape index (κ2) is 5.35. The van der Waals surface area contributed by atoms with Crippen LogP contribution in [0.3, 0.4) is 0 Å². The Morgan fingerprint density at radius 2 is 1.76 bits per heavy atom. The summed E-state index contributed by atoms with van der Waals surface area (Å²) >= 11 is 0. The van der Waals surface area contributed by atoms with Gasteiger partial charge in [0.1, 0.15) is 5.60 Å². The molecule has 0 aliphatic carbocycles. The van der Waals surface area contributed by atoms with Crippen LogP contribution in [-0.2, 0) is 9.53 Å². The zero-order chi connectivity index (χ0) is 13.9. The molecule has 0 bridgehead atoms. The fraction of sp³-hybridized carbons (Fsp3) is 0.818. The quantitative estimate of drug-likeness (QED) is 0.692. The van der Waals surface area contributed by atoms with Gasteiger partial charge in [0.25, 0.3) is 0 Å². The minimum absolute atomic E-state index is 0.207. The molecule has 17 heavy (non-hydrogen) atoms. The van der Waals surface area contributed by atoms with Crippen LogP contribution in [0, 0.1) is 0 Å². The molecule has 0 aliphatic heterocycles. The number of aliphatic carboxylic acids is 1. The van der Waals surface area contributed by atoms with Gasteiger partial charge in [-0.3, -0.25) is 0 Å². The normalized spacial score (nSPS) is 16.8. The first-order chi connectivity index (χ1) is 7.53. The van der Waals surface area contributed by atoms with Crippen molar-refractivity contribution in [3.05, 3.63) is 0 Å². The molecule has 0 spiro atoms. The first-order valence-electron chi connectivity index (χ1n) is 5.45. The van der Waals surface area contributed by atoms with Gasteiger partial charge in [0.15, 0.2) is 5.54 Å². The number of alkyl carbamates (subject to hydrolysis) is 1. The summed E-state index contributed by atoms with van der Waals surface area (Å²) in [6.07, 6.45) is -1.85. The van der Waals surface area contributed by atoms with E-state index in [1.807, 2.05) is 0 Å². The SMILES string of the molecule is CCC(O)C(C)(NC(=O)OC(C)(C)C)C(=O)O. The van der Waals surface area contributed by atoms with Crippen LogP contribution in [-0.4, -0.2) is 39.5 Å². The summed E-state index contributed by atoms with van der Waals surface area (Å²) in [5.41, 5.74) is -2.47. The molecule has 0 aromatic rings. The van der Waals surface area contributed by atoms with Crippen LogP contribution in [0.1, 0.15) is 41.0 Å². The van der Waals surface area contributed by atoms with Crippen molar-refractivity contribution in [2.75, 3.05) is 0 Å². The zero-order valence-electron chi connectivity index (χ0n) is 10.9. The highest BCUT2D eigenvalue weighted by Crippen LogP contribution is 2.15. The fourth-order valence-electron chi connectivity index (χ4n) is 1.20. The Balaban J connectivity index is 4.79. The zero-order valence-corrected chi connectivity index (χ0v) is 10.9. The van der Waals surface area contributed by atoms with E-state index in [1.165, 1.54) is 6.92 Å². The molecule has 0 rings (SSSR count). The maximum Gasteiger partial charge on any atom is 0.408 e. The van der Waals surface area contributed by atoms with Gasteiger partial charge in [-0.15, -0.1) is 0 Å². The number of hydrogen-bond acceptors (Lipinski definition) is 4. The van der Waals surface area contributed by atoms with Gasteiger partial charge in [-0.1, -0.05) is 6.92 Å². The fourth-order valence-corrected chi connectivity index (χ4v) is 1.20. The van der Waals surface area contributed by atoms with Gasteiger partial charge in [0.2, 0.25) is 0 Å². The first kappa shape index (κ1) is 15.7. The lowest BCUT2D eigenvalue weighted by molar-refractivity contribution is -0.149. The molecule has 0 radical (unpaired) electrons. The molecule has 0 fully saturated rings. The van der Waals surface area contributed by atoms with Crippen molar-refractivity contribution in [2.24, 2.45) is 0 Å². The highest BCUT2D eigenvalue weighted by molar-refractivity contribution is 5.84. The Morgan fingerprint density at radius 3 is 2.06 bits per heavy atom. The summed E-state index contributed by atoms with van der Waals surface area (Å²) in [6, 6.07) is 0. The molecule has 6 heteroatoms. The largest absolute Gasteiger partial charge is 0.479 e. The minimum Gasteiger partial charge on any atom is -0.479 e. The lowest BCUT2D eigenvalue weighted by Crippen LogP contribution is -2.60. The van der Waals surface area contributed by atoms with Crippen molar-refractivity contribution in [3.8, 4) is 0 Å². The molecule has 0 saturated heterocycles. The molecule has 100 valence electrons. The number of hydrogen-bond donors (Lipinski definition) is 3. The van der Waals surface area contributed by atoms with Crippen molar-refractivity contribution in [1.29, 1.82) is 0 Å². The Kier molecular flexibility index (Phi) is 4.94. The standard InChI is InChI=1S/C11H21NO5/c1-6-7(13)11(5,8(14)15)12-9(16)17-10(2,3)4/h7,13H,6H2,1-5H3,(H,12,16)(H,14,15). The van der Waals surface area contributed by atoms with Crippen LogP contribution >= 0.6 is 0 Å². The summed E-state index contributed by atoms with van der Waals surface area (Å²) in [6.45, 7) is 7.87. The highest BCUT2D eigenvalue weighted by Gasteiger charge is 2.42. The molecule has 3 N–H and O–H groups in total. The van der Waals surface area contributed by atoms with E-state index >= 15 is 0 Å². The van der Waals surface area contributed by atoms with Crippen molar-refractivity contribution in [3.63, 3.8) is 0 Å². The number of rotatable bonds is 4. The molecule has 0 aromatic heterocycles. The van der Waals surface area contributed by atoms with Crippen LogP contribution in [0.5, 0.6) is 0 Å². The van der Waals surface area contributed by atoms with Crippen molar-refractivity contribution < 1.29 is 24.5 Å². The molecule has 2 unspecified atom stereocenters. The number of amides is 1. The smallest absolute Gasteiger partial charge is 0.408 e. The predicted molar refractivity (Wildman–Crippen MR) is 61.7 cm³/mol. The predicted octanol–water partition coefficient (Wildman–Crippen LogP) is 1.13. The monoisotopic (exact) mass is 247 g/mol. The topological polar surface area (TPSA) is 95.9 Å². The van der Waals surface area contributed by atoms with Crippen LogP contribution in [0.25, 0.3) is 0 Å². The van der Waals surface area contributed by atoms with Crippen molar-refractivity contribution in [1.82, 2.24) is 5.32 Å². The van der Waals surface area contributed by atoms with Crippen molar-refractivity contribution >= 4 is 12.1 Å². The van der Waals surface area contributed by atoms with E-state index in [4.69, 9.17) is 9.84 Å². The van der Waals surface area contributed by atoms with E-state index in [1.54, 1.807) is 27.7 Å². The summed E-state index contributed by atoms with van der Waals surface area (Å²) < 4.78 is 4.95. The Morgan fingerprint density at radius 1 is 1.29 bits per heavy atom. The number of nitrogens with one attached hydrogen (secondary N) is 1. The molecule has 6 nitrogen and oxygen atoms in total. The van der Waals surface area contributed by atoms with Crippen LogP contribution in [0.15, 0.2) is 0 Å². The van der Waals surface area contributed by atoms with Crippen LogP contribution in [0.2, 0.25) is 0 Å². The summed E-state index contributed by atoms with van der Waals surface area (Å²) in [4.78, 5) is 22.6. The maximum absolute atomic E-state index is 11.5. The van der Waals surface area contributed by atoms with Gasteiger partial charge in [0.05, 0.1) is 6.10 Å². The second-order valence-electron chi connectivity index (χ2n) is 5.06. The van der Waals surface area contributed by atoms with E-state index in [2.05, 4.69) is 5.32 Å². The van der Waals surface area contributed by atoms with E-state index in [-0.39, 0.29) is 6.42 Å². The number of aliphatic hydroxyl groups excluding tert-OH is 1. The Labute approximate surface area is 101 Å². The highest BCUT2D eigenvalue weighted by atomic mass is 16.6. The second-order valence-corrected chi connectivity index (χ2v) is 5.06. The molecular weight excluding hydrogens is 226 g/mol. The first-order valence-corrected chi connectivity index (χ1v) is 5.45. The molecule has 0 saturated carbocycles. The molecule has 2 atom stereocenters. The summed E-state index contributed by atoms with van der Waals surface area (Å²) in [7, 11) is 0. The van der Waals surface area contributed by atoms with Crippen LogP contribution in [0.4, 0.5) is 4.79 Å². The maximum atomic E-state index is 11.5. The van der Waals surface area contributed by atoms with Gasteiger partial charge >= 0.3 is 12.1 Å². The van der Waals surface area contributed by atoms with Gasteiger partial charge in [0, 0.05) is 0 Å². The number of carboxylic acid groups (broad SMARTS) is 1. The average molecular weight is 247 g/mol. The lowest BCUT2D eigenvalue weighted by atomic mass is 9.93. The molecule has 1 amide bonds. The van der Waals surface area contributed by atoms with Gasteiger partial charge in [-0.25, -0.2) is 9.59 Å².